The fraction of sp³-hybridized carbons (Fsp3) is 0. The summed E-state index contributed by atoms with van der Waals surface area (Å²) >= 11 is 1.67. The van der Waals surface area contributed by atoms with Crippen LogP contribution in [0.25, 0.3) is 32.3 Å². The Morgan fingerprint density at radius 2 is 1.43 bits per heavy atom. The number of hydrogen-bond acceptors (Lipinski definition) is 1. The molecule has 1 radical (unpaired) electrons. The Morgan fingerprint density at radius 1 is 0.667 bits per heavy atom. The number of benzene rings is 3. The van der Waals surface area contributed by atoms with Gasteiger partial charge in [-0.15, -0.1) is 11.3 Å². The molecule has 3 aromatic carbocycles. The molecule has 0 N–H and O–H groups in total. The lowest BCUT2D eigenvalue weighted by Crippen LogP contribution is -1.81. The molecule has 0 aliphatic rings. The van der Waals surface area contributed by atoms with Gasteiger partial charge in [0.1, 0.15) is 0 Å². The van der Waals surface area contributed by atoms with Crippen molar-refractivity contribution in [2.45, 2.75) is 0 Å². The molecule has 1 aromatic heterocycles. The molecular weight excluding hydrogens is 272 g/mol. The number of fused-ring (bicyclic) bond motifs is 1. The fourth-order valence-electron chi connectivity index (χ4n) is 2.68. The third-order valence-corrected chi connectivity index (χ3v) is 4.53. The van der Waals surface area contributed by atoms with E-state index in [1.54, 1.807) is 11.3 Å². The first-order valence-electron chi connectivity index (χ1n) is 6.96. The van der Waals surface area contributed by atoms with Gasteiger partial charge in [-0.25, -0.2) is 0 Å². The first-order valence-corrected chi connectivity index (χ1v) is 7.78. The quantitative estimate of drug-likeness (QED) is 0.421. The summed E-state index contributed by atoms with van der Waals surface area (Å²) in [6.07, 6.45) is 0. The maximum atomic E-state index is 3.24. The van der Waals surface area contributed by atoms with Crippen molar-refractivity contribution < 1.29 is 0 Å². The highest BCUT2D eigenvalue weighted by Crippen LogP contribution is 2.33. The normalized spacial score (nSPS) is 10.9. The molecule has 0 saturated carbocycles. The molecule has 4 rings (SSSR count). The number of rotatable bonds is 2. The van der Waals surface area contributed by atoms with Crippen LogP contribution in [0.2, 0.25) is 0 Å². The van der Waals surface area contributed by atoms with E-state index >= 15 is 0 Å². The molecule has 0 unspecified atom stereocenters. The van der Waals surface area contributed by atoms with Gasteiger partial charge in [-0.1, -0.05) is 60.7 Å². The molecule has 0 saturated heterocycles. The van der Waals surface area contributed by atoms with E-state index < -0.39 is 0 Å². The van der Waals surface area contributed by atoms with Gasteiger partial charge in [0.05, 0.1) is 0 Å². The lowest BCUT2D eigenvalue weighted by molar-refractivity contribution is 1.61. The van der Waals surface area contributed by atoms with E-state index in [0.29, 0.717) is 0 Å². The van der Waals surface area contributed by atoms with Gasteiger partial charge in [0.25, 0.3) is 0 Å². The second kappa shape index (κ2) is 5.19. The van der Waals surface area contributed by atoms with Crippen molar-refractivity contribution >= 4 is 21.4 Å². The van der Waals surface area contributed by atoms with E-state index in [4.69, 9.17) is 0 Å². The summed E-state index contributed by atoms with van der Waals surface area (Å²) in [4.78, 5) is 0. The van der Waals surface area contributed by atoms with Crippen LogP contribution in [0.4, 0.5) is 0 Å². The average Bonchev–Trinajstić information content (AvgIpc) is 3.04. The molecule has 0 aliphatic heterocycles. The average molecular weight is 285 g/mol. The lowest BCUT2D eigenvalue weighted by atomic mass is 9.97. The monoisotopic (exact) mass is 285 g/mol. The van der Waals surface area contributed by atoms with Crippen LogP contribution in [0.1, 0.15) is 0 Å². The van der Waals surface area contributed by atoms with Crippen LogP contribution in [-0.2, 0) is 0 Å². The number of thiophene rings is 1. The summed E-state index contributed by atoms with van der Waals surface area (Å²) in [7, 11) is 0. The van der Waals surface area contributed by atoms with E-state index in [9.17, 15) is 0 Å². The highest BCUT2D eigenvalue weighted by Gasteiger charge is 2.06. The van der Waals surface area contributed by atoms with Gasteiger partial charge in [0, 0.05) is 15.5 Å². The molecule has 0 nitrogen and oxygen atoms in total. The van der Waals surface area contributed by atoms with Crippen LogP contribution in [0.5, 0.6) is 0 Å². The Kier molecular flexibility index (Phi) is 3.06. The fourth-order valence-corrected chi connectivity index (χ4v) is 3.41. The van der Waals surface area contributed by atoms with Gasteiger partial charge in [-0.3, -0.25) is 0 Å². The van der Waals surface area contributed by atoms with Crippen molar-refractivity contribution in [1.29, 1.82) is 0 Å². The summed E-state index contributed by atoms with van der Waals surface area (Å²) < 4.78 is 1.29. The molecular formula is C20H13S. The summed E-state index contributed by atoms with van der Waals surface area (Å²) in [5, 5.41) is 4.52. The van der Waals surface area contributed by atoms with E-state index in [1.165, 1.54) is 32.3 Å². The van der Waals surface area contributed by atoms with Crippen LogP contribution in [0.3, 0.4) is 0 Å². The van der Waals surface area contributed by atoms with E-state index in [1.807, 2.05) is 0 Å². The Hall–Kier alpha value is -2.38. The summed E-state index contributed by atoms with van der Waals surface area (Å²) in [5.41, 5.74) is 5.05. The van der Waals surface area contributed by atoms with Crippen LogP contribution in [-0.4, -0.2) is 0 Å². The Labute approximate surface area is 128 Å². The highest BCUT2D eigenvalue weighted by atomic mass is 32.1. The van der Waals surface area contributed by atoms with Crippen molar-refractivity contribution in [3.63, 3.8) is 0 Å². The molecule has 1 heteroatoms. The Bertz CT molecular complexity index is 888. The molecule has 99 valence electrons. The largest absolute Gasteiger partial charge is 0.134 e. The third kappa shape index (κ3) is 2.26. The molecule has 0 aliphatic carbocycles. The van der Waals surface area contributed by atoms with Crippen LogP contribution in [0.15, 0.2) is 78.9 Å². The summed E-state index contributed by atoms with van der Waals surface area (Å²) in [6.45, 7) is 0. The van der Waals surface area contributed by atoms with Gasteiger partial charge in [-0.2, -0.15) is 0 Å². The van der Waals surface area contributed by atoms with Crippen LogP contribution >= 0.6 is 11.3 Å². The zero-order valence-corrected chi connectivity index (χ0v) is 12.2. The SMILES string of the molecule is [c]1cc2c(-c3cccc(-c4ccccc4)c3)cccc2s1. The molecule has 0 amide bonds. The first kappa shape index (κ1) is 12.4. The van der Waals surface area contributed by atoms with Crippen LogP contribution in [0, 0.1) is 5.38 Å². The molecule has 1 heterocycles. The molecule has 21 heavy (non-hydrogen) atoms. The topological polar surface area (TPSA) is 0 Å². The Morgan fingerprint density at radius 3 is 2.33 bits per heavy atom. The summed E-state index contributed by atoms with van der Waals surface area (Å²) in [5.74, 6) is 0. The van der Waals surface area contributed by atoms with Crippen molar-refractivity contribution in [3.8, 4) is 22.3 Å². The van der Waals surface area contributed by atoms with Gasteiger partial charge < -0.3 is 0 Å². The predicted octanol–water partition coefficient (Wildman–Crippen LogP) is 6.04. The highest BCUT2D eigenvalue weighted by molar-refractivity contribution is 7.16. The smallest absolute Gasteiger partial charge is 0.0455 e. The molecule has 0 atom stereocenters. The molecule has 0 bridgehead atoms. The standard InChI is InChI=1S/C20H13S/c1-2-6-15(7-3-1)16-8-4-9-17(14-16)18-10-5-11-20-19(18)12-13-21-20/h1-12,14H. The lowest BCUT2D eigenvalue weighted by Gasteiger charge is -2.07. The van der Waals surface area contributed by atoms with E-state index in [0.717, 1.165) is 0 Å². The third-order valence-electron chi connectivity index (χ3n) is 3.72. The molecule has 4 aromatic rings. The van der Waals surface area contributed by atoms with Crippen molar-refractivity contribution in [2.24, 2.45) is 0 Å². The maximum absolute atomic E-state index is 3.24. The Balaban J connectivity index is 1.88. The van der Waals surface area contributed by atoms with Crippen molar-refractivity contribution in [3.05, 3.63) is 84.2 Å². The first-order chi connectivity index (χ1) is 10.4. The molecule has 0 spiro atoms. The minimum Gasteiger partial charge on any atom is -0.134 e. The minimum absolute atomic E-state index is 1.25. The molecule has 0 fully saturated rings. The van der Waals surface area contributed by atoms with Gasteiger partial charge in [-0.05, 0) is 40.5 Å². The van der Waals surface area contributed by atoms with Crippen molar-refractivity contribution in [2.75, 3.05) is 0 Å². The maximum Gasteiger partial charge on any atom is 0.0455 e. The van der Waals surface area contributed by atoms with E-state index in [-0.39, 0.29) is 0 Å². The van der Waals surface area contributed by atoms with Gasteiger partial charge >= 0.3 is 0 Å². The summed E-state index contributed by atoms with van der Waals surface area (Å²) in [6, 6.07) is 27.8. The van der Waals surface area contributed by atoms with Gasteiger partial charge in [0.15, 0.2) is 0 Å². The zero-order valence-electron chi connectivity index (χ0n) is 11.4. The second-order valence-electron chi connectivity index (χ2n) is 5.03. The van der Waals surface area contributed by atoms with Crippen LogP contribution < -0.4 is 0 Å². The number of hydrogen-bond donors (Lipinski definition) is 0. The van der Waals surface area contributed by atoms with Crippen molar-refractivity contribution in [1.82, 2.24) is 0 Å². The predicted molar refractivity (Wildman–Crippen MR) is 91.5 cm³/mol. The second-order valence-corrected chi connectivity index (χ2v) is 5.91. The van der Waals surface area contributed by atoms with E-state index in [2.05, 4.69) is 84.2 Å². The zero-order chi connectivity index (χ0) is 14.1. The minimum atomic E-state index is 1.25. The van der Waals surface area contributed by atoms with Gasteiger partial charge in [0.2, 0.25) is 0 Å².